The molecule has 2 rings (SSSR count). The number of ketones is 1. The van der Waals surface area contributed by atoms with E-state index >= 15 is 0 Å². The van der Waals surface area contributed by atoms with E-state index in [0.29, 0.717) is 11.1 Å². The van der Waals surface area contributed by atoms with Gasteiger partial charge in [0.05, 0.1) is 11.3 Å². The van der Waals surface area contributed by atoms with Crippen LogP contribution in [0.5, 0.6) is 0 Å². The Morgan fingerprint density at radius 1 is 1.42 bits per heavy atom. The summed E-state index contributed by atoms with van der Waals surface area (Å²) in [6, 6.07) is 3.67. The molecule has 0 aliphatic heterocycles. The summed E-state index contributed by atoms with van der Waals surface area (Å²) in [6.45, 7) is 1.54. The first-order valence-electron chi connectivity index (χ1n) is 3.77. The van der Waals surface area contributed by atoms with Gasteiger partial charge in [0.25, 0.3) is 0 Å². The van der Waals surface area contributed by atoms with Crippen LogP contribution in [0.25, 0.3) is 11.2 Å². The number of benzene rings is 1. The fraction of sp³-hybridized carbons (Fsp3) is 0.222. The Morgan fingerprint density at radius 2 is 2.08 bits per heavy atom. The van der Waals surface area contributed by atoms with E-state index in [4.69, 9.17) is 4.42 Å². The monoisotopic (exact) mass is 163 g/mol. The van der Waals surface area contributed by atoms with Crippen LogP contribution in [0.1, 0.15) is 17.3 Å². The molecule has 0 unspecified atom stereocenters. The number of hydrogen-bond donors (Lipinski definition) is 1. The molecule has 3 nitrogen and oxygen atoms in total. The number of rotatable bonds is 2. The second kappa shape index (κ2) is 2.24. The standard InChI is InChI=1S/C9H9NO2/c1-5(11)8-6-3-4-7(12-6)9(8)10-2/h3-4,10H,1-2H3. The molecule has 0 radical (unpaired) electrons. The first-order chi connectivity index (χ1) is 5.74. The number of Topliss-reactive ketones (excluding diaryl/α,β-unsaturated/α-hetero) is 1. The van der Waals surface area contributed by atoms with Crippen LogP contribution in [0.4, 0.5) is 5.69 Å². The molecule has 62 valence electrons. The zero-order valence-corrected chi connectivity index (χ0v) is 6.97. The minimum atomic E-state index is 0.0358. The number of nitrogens with one attached hydrogen (secondary N) is 1. The number of hydrogen-bond acceptors (Lipinski definition) is 3. The minimum absolute atomic E-state index is 0.0358. The third-order valence-electron chi connectivity index (χ3n) is 1.95. The molecule has 2 aromatic heterocycles. The van der Waals surface area contributed by atoms with Gasteiger partial charge in [-0.05, 0) is 19.1 Å². The summed E-state index contributed by atoms with van der Waals surface area (Å²) in [7, 11) is 1.78. The Kier molecular flexibility index (Phi) is 1.33. The molecule has 0 amide bonds. The van der Waals surface area contributed by atoms with Gasteiger partial charge in [0.15, 0.2) is 11.4 Å². The van der Waals surface area contributed by atoms with Crippen LogP contribution in [0, 0.1) is 0 Å². The molecule has 0 fully saturated rings. The maximum atomic E-state index is 11.2. The largest absolute Gasteiger partial charge is 0.454 e. The number of fused-ring (bicyclic) bond motifs is 2. The van der Waals surface area contributed by atoms with Crippen LogP contribution < -0.4 is 5.32 Å². The molecule has 2 bridgehead atoms. The molecule has 0 aliphatic carbocycles. The van der Waals surface area contributed by atoms with E-state index in [-0.39, 0.29) is 5.78 Å². The van der Waals surface area contributed by atoms with E-state index < -0.39 is 0 Å². The van der Waals surface area contributed by atoms with Crippen molar-refractivity contribution < 1.29 is 9.21 Å². The van der Waals surface area contributed by atoms with Crippen molar-refractivity contribution in [2.75, 3.05) is 12.4 Å². The quantitative estimate of drug-likeness (QED) is 0.689. The summed E-state index contributed by atoms with van der Waals surface area (Å²) < 4.78 is 5.31. The third-order valence-corrected chi connectivity index (χ3v) is 1.95. The van der Waals surface area contributed by atoms with Gasteiger partial charge in [-0.1, -0.05) is 0 Å². The summed E-state index contributed by atoms with van der Waals surface area (Å²) in [5.41, 5.74) is 2.88. The van der Waals surface area contributed by atoms with Crippen molar-refractivity contribution in [1.82, 2.24) is 0 Å². The molecular weight excluding hydrogens is 154 g/mol. The maximum absolute atomic E-state index is 11.2. The van der Waals surface area contributed by atoms with Gasteiger partial charge in [0.1, 0.15) is 5.58 Å². The zero-order valence-electron chi connectivity index (χ0n) is 6.97. The summed E-state index contributed by atoms with van der Waals surface area (Å²) >= 11 is 0. The van der Waals surface area contributed by atoms with Crippen molar-refractivity contribution in [3.8, 4) is 0 Å². The third kappa shape index (κ3) is 0.733. The van der Waals surface area contributed by atoms with Gasteiger partial charge < -0.3 is 9.73 Å². The lowest BCUT2D eigenvalue weighted by Gasteiger charge is -1.98. The van der Waals surface area contributed by atoms with Gasteiger partial charge in [-0.15, -0.1) is 0 Å². The Labute approximate surface area is 69.7 Å². The molecule has 1 N–H and O–H groups in total. The van der Waals surface area contributed by atoms with Crippen LogP contribution >= 0.6 is 0 Å². The van der Waals surface area contributed by atoms with E-state index in [1.807, 2.05) is 12.1 Å². The summed E-state index contributed by atoms with van der Waals surface area (Å²) in [6.07, 6.45) is 0. The molecule has 0 saturated carbocycles. The van der Waals surface area contributed by atoms with E-state index in [9.17, 15) is 4.79 Å². The van der Waals surface area contributed by atoms with E-state index in [2.05, 4.69) is 5.32 Å². The van der Waals surface area contributed by atoms with E-state index in [1.165, 1.54) is 6.92 Å². The lowest BCUT2D eigenvalue weighted by atomic mass is 10.1. The van der Waals surface area contributed by atoms with Crippen molar-refractivity contribution in [3.05, 3.63) is 17.7 Å². The van der Waals surface area contributed by atoms with E-state index in [1.54, 1.807) is 7.05 Å². The number of carbonyl (C=O) groups is 1. The van der Waals surface area contributed by atoms with Crippen molar-refractivity contribution >= 4 is 22.6 Å². The predicted octanol–water partition coefficient (Wildman–Crippen LogP) is 2.11. The molecule has 0 saturated heterocycles. The molecule has 0 aliphatic rings. The number of anilines is 1. The molecule has 2 aromatic rings. The molecular formula is C9H9NO2. The van der Waals surface area contributed by atoms with Crippen LogP contribution in [-0.2, 0) is 0 Å². The van der Waals surface area contributed by atoms with Crippen molar-refractivity contribution in [1.29, 1.82) is 0 Å². The van der Waals surface area contributed by atoms with Crippen LogP contribution in [0.15, 0.2) is 16.5 Å². The highest BCUT2D eigenvalue weighted by molar-refractivity contribution is 6.10. The van der Waals surface area contributed by atoms with Gasteiger partial charge in [0.2, 0.25) is 0 Å². The fourth-order valence-corrected chi connectivity index (χ4v) is 1.45. The first-order valence-corrected chi connectivity index (χ1v) is 3.77. The smallest absolute Gasteiger partial charge is 0.165 e. The predicted molar refractivity (Wildman–Crippen MR) is 47.0 cm³/mol. The normalized spacial score (nSPS) is 10.8. The van der Waals surface area contributed by atoms with Crippen LogP contribution in [-0.4, -0.2) is 12.8 Å². The Morgan fingerprint density at radius 3 is 2.58 bits per heavy atom. The molecule has 0 aromatic carbocycles. The van der Waals surface area contributed by atoms with Crippen molar-refractivity contribution in [2.24, 2.45) is 0 Å². The number of carbonyl (C=O) groups excluding carboxylic acids is 1. The maximum Gasteiger partial charge on any atom is 0.165 e. The van der Waals surface area contributed by atoms with Crippen molar-refractivity contribution in [3.63, 3.8) is 0 Å². The van der Waals surface area contributed by atoms with Gasteiger partial charge in [-0.25, -0.2) is 0 Å². The summed E-state index contributed by atoms with van der Waals surface area (Å²) in [5.74, 6) is 0.0358. The van der Waals surface area contributed by atoms with Gasteiger partial charge in [-0.3, -0.25) is 4.79 Å². The fourth-order valence-electron chi connectivity index (χ4n) is 1.45. The lowest BCUT2D eigenvalue weighted by molar-refractivity contribution is 0.101. The highest BCUT2D eigenvalue weighted by Crippen LogP contribution is 2.33. The Balaban J connectivity index is 2.73. The highest BCUT2D eigenvalue weighted by atomic mass is 16.3. The highest BCUT2D eigenvalue weighted by Gasteiger charge is 2.18. The molecule has 2 heterocycles. The zero-order chi connectivity index (χ0) is 8.72. The summed E-state index contributed by atoms with van der Waals surface area (Å²) in [4.78, 5) is 11.2. The minimum Gasteiger partial charge on any atom is -0.454 e. The number of furan rings is 2. The summed E-state index contributed by atoms with van der Waals surface area (Å²) in [5, 5.41) is 2.95. The van der Waals surface area contributed by atoms with Gasteiger partial charge >= 0.3 is 0 Å². The van der Waals surface area contributed by atoms with Gasteiger partial charge in [0, 0.05) is 7.05 Å². The lowest BCUT2D eigenvalue weighted by Crippen LogP contribution is -1.97. The second-order valence-electron chi connectivity index (χ2n) is 2.72. The Hall–Kier alpha value is -1.51. The molecule has 12 heavy (non-hydrogen) atoms. The SMILES string of the molecule is CNc1c(C(C)=O)c2ccc1o2. The topological polar surface area (TPSA) is 42.2 Å². The first kappa shape index (κ1) is 7.16. The molecule has 0 atom stereocenters. The van der Waals surface area contributed by atoms with Crippen LogP contribution in [0.2, 0.25) is 0 Å². The molecule has 0 spiro atoms. The van der Waals surface area contributed by atoms with Crippen LogP contribution in [0.3, 0.4) is 0 Å². The second-order valence-corrected chi connectivity index (χ2v) is 2.72. The van der Waals surface area contributed by atoms with E-state index in [0.717, 1.165) is 11.3 Å². The average molecular weight is 163 g/mol. The van der Waals surface area contributed by atoms with Gasteiger partial charge in [-0.2, -0.15) is 0 Å². The molecule has 3 heteroatoms. The van der Waals surface area contributed by atoms with Crippen molar-refractivity contribution in [2.45, 2.75) is 6.92 Å². The Bertz CT molecular complexity index is 416. The average Bonchev–Trinajstić information content (AvgIpc) is 2.60.